The molecule has 0 saturated heterocycles. The molecule has 0 aromatic heterocycles. The lowest BCUT2D eigenvalue weighted by atomic mass is 9.78. The van der Waals surface area contributed by atoms with E-state index in [1.165, 1.54) is 0 Å². The molecule has 0 aliphatic rings. The third-order valence-corrected chi connectivity index (χ3v) is 7.06. The Morgan fingerprint density at radius 2 is 1.00 bits per heavy atom. The number of hydrogen-bond donors (Lipinski definition) is 4. The summed E-state index contributed by atoms with van der Waals surface area (Å²) in [4.78, 5) is 0. The van der Waals surface area contributed by atoms with E-state index in [0.717, 1.165) is 11.1 Å². The summed E-state index contributed by atoms with van der Waals surface area (Å²) < 4.78 is 14.1. The molecule has 2 rings (SSSR count). The Bertz CT molecular complexity index is 788. The van der Waals surface area contributed by atoms with E-state index < -0.39 is 17.6 Å². The third kappa shape index (κ3) is 6.89. The summed E-state index contributed by atoms with van der Waals surface area (Å²) >= 11 is 14.1. The molecule has 4 N–H and O–H groups in total. The highest BCUT2D eigenvalue weighted by Crippen LogP contribution is 2.44. The van der Waals surface area contributed by atoms with Gasteiger partial charge in [0.1, 0.15) is 36.9 Å². The molecule has 0 spiro atoms. The summed E-state index contributed by atoms with van der Waals surface area (Å²) in [7, 11) is 0. The van der Waals surface area contributed by atoms with Crippen molar-refractivity contribution in [2.75, 3.05) is 26.4 Å². The van der Waals surface area contributed by atoms with Gasteiger partial charge in [-0.1, -0.05) is 13.8 Å². The van der Waals surface area contributed by atoms with E-state index in [9.17, 15) is 10.2 Å². The third-order valence-electron chi connectivity index (χ3n) is 4.70. The molecule has 2 unspecified atom stereocenters. The number of halogens is 4. The van der Waals surface area contributed by atoms with Crippen LogP contribution in [-0.4, -0.2) is 59.1 Å². The minimum atomic E-state index is -0.955. The standard InChI is InChI=1S/C21H24Br4O6/c1-21(2,11-3-15(22)19(16(23)4-11)30-9-13(28)7-26)12-5-17(24)20(18(25)6-12)31-10-14(29)8-27/h3-6,13-14,26-29H,7-10H2,1-2H3. The van der Waals surface area contributed by atoms with Crippen LogP contribution in [0.15, 0.2) is 42.2 Å². The van der Waals surface area contributed by atoms with Gasteiger partial charge in [0.25, 0.3) is 0 Å². The van der Waals surface area contributed by atoms with Gasteiger partial charge in [0.2, 0.25) is 0 Å². The fourth-order valence-electron chi connectivity index (χ4n) is 2.75. The zero-order chi connectivity index (χ0) is 23.3. The van der Waals surface area contributed by atoms with Crippen molar-refractivity contribution >= 4 is 63.7 Å². The molecule has 10 heteroatoms. The number of ether oxygens (including phenoxy) is 2. The van der Waals surface area contributed by atoms with Crippen LogP contribution < -0.4 is 9.47 Å². The maximum atomic E-state index is 9.54. The molecule has 2 aromatic carbocycles. The van der Waals surface area contributed by atoms with Gasteiger partial charge in [-0.2, -0.15) is 0 Å². The predicted molar refractivity (Wildman–Crippen MR) is 133 cm³/mol. The van der Waals surface area contributed by atoms with E-state index in [4.69, 9.17) is 19.7 Å². The minimum absolute atomic E-state index is 0.0250. The van der Waals surface area contributed by atoms with Gasteiger partial charge >= 0.3 is 0 Å². The Morgan fingerprint density at radius 3 is 1.26 bits per heavy atom. The van der Waals surface area contributed by atoms with Crippen LogP contribution in [0.1, 0.15) is 25.0 Å². The number of hydrogen-bond acceptors (Lipinski definition) is 6. The number of aliphatic hydroxyl groups is 4. The van der Waals surface area contributed by atoms with Crippen LogP contribution in [0.3, 0.4) is 0 Å². The first kappa shape index (κ1) is 27.0. The van der Waals surface area contributed by atoms with E-state index in [-0.39, 0.29) is 26.4 Å². The van der Waals surface area contributed by atoms with Crippen LogP contribution in [0.4, 0.5) is 0 Å². The first-order chi connectivity index (χ1) is 14.5. The minimum Gasteiger partial charge on any atom is -0.488 e. The molecule has 2 aromatic rings. The number of benzene rings is 2. The fraction of sp³-hybridized carbons (Fsp3) is 0.429. The quantitative estimate of drug-likeness (QED) is 0.293. The number of aliphatic hydroxyl groups excluding tert-OH is 4. The first-order valence-corrected chi connectivity index (χ1v) is 12.5. The summed E-state index contributed by atoms with van der Waals surface area (Å²) in [6.45, 7) is 3.38. The van der Waals surface area contributed by atoms with E-state index in [2.05, 4.69) is 77.6 Å². The summed E-state index contributed by atoms with van der Waals surface area (Å²) in [5, 5.41) is 37.0. The van der Waals surface area contributed by atoms with Gasteiger partial charge in [0.05, 0.1) is 31.1 Å². The lowest BCUT2D eigenvalue weighted by molar-refractivity contribution is 0.0531. The van der Waals surface area contributed by atoms with Crippen LogP contribution >= 0.6 is 63.7 Å². The normalized spacial score (nSPS) is 13.7. The molecule has 31 heavy (non-hydrogen) atoms. The van der Waals surface area contributed by atoms with Crippen molar-refractivity contribution in [3.05, 3.63) is 53.3 Å². The van der Waals surface area contributed by atoms with Crippen molar-refractivity contribution in [2.24, 2.45) is 0 Å². The highest BCUT2D eigenvalue weighted by atomic mass is 79.9. The van der Waals surface area contributed by atoms with Crippen molar-refractivity contribution in [1.29, 1.82) is 0 Å². The molecular weight excluding hydrogens is 668 g/mol. The molecule has 0 amide bonds. The second kappa shape index (κ2) is 11.8. The average molecular weight is 692 g/mol. The second-order valence-corrected chi connectivity index (χ2v) is 10.9. The average Bonchev–Trinajstić information content (AvgIpc) is 2.71. The summed E-state index contributed by atoms with van der Waals surface area (Å²) in [5.41, 5.74) is 1.61. The van der Waals surface area contributed by atoms with E-state index in [0.29, 0.717) is 29.4 Å². The van der Waals surface area contributed by atoms with E-state index >= 15 is 0 Å². The molecule has 172 valence electrons. The van der Waals surface area contributed by atoms with Crippen LogP contribution in [0.5, 0.6) is 11.5 Å². The number of rotatable bonds is 10. The van der Waals surface area contributed by atoms with Crippen molar-refractivity contribution in [3.63, 3.8) is 0 Å². The second-order valence-electron chi connectivity index (χ2n) is 7.46. The molecule has 0 aliphatic carbocycles. The topological polar surface area (TPSA) is 99.4 Å². The molecule has 0 heterocycles. The molecule has 2 atom stereocenters. The van der Waals surface area contributed by atoms with Gasteiger partial charge in [0.15, 0.2) is 0 Å². The van der Waals surface area contributed by atoms with Crippen molar-refractivity contribution in [2.45, 2.75) is 31.5 Å². The summed E-state index contributed by atoms with van der Waals surface area (Å²) in [6.07, 6.45) is -1.91. The molecule has 0 fully saturated rings. The van der Waals surface area contributed by atoms with Gasteiger partial charge in [-0.25, -0.2) is 0 Å². The highest BCUT2D eigenvalue weighted by Gasteiger charge is 2.27. The molecule has 0 radical (unpaired) electrons. The smallest absolute Gasteiger partial charge is 0.147 e. The fourth-order valence-corrected chi connectivity index (χ4v) is 5.58. The molecule has 6 nitrogen and oxygen atoms in total. The molecule has 0 aliphatic heterocycles. The zero-order valence-electron chi connectivity index (χ0n) is 16.9. The molecule has 0 bridgehead atoms. The predicted octanol–water partition coefficient (Wildman–Crippen LogP) is 4.53. The van der Waals surface area contributed by atoms with Gasteiger partial charge in [0, 0.05) is 5.41 Å². The first-order valence-electron chi connectivity index (χ1n) is 9.33. The maximum Gasteiger partial charge on any atom is 0.147 e. The van der Waals surface area contributed by atoms with Crippen LogP contribution in [0, 0.1) is 0 Å². The maximum absolute atomic E-state index is 9.54. The zero-order valence-corrected chi connectivity index (χ0v) is 23.3. The van der Waals surface area contributed by atoms with Gasteiger partial charge in [-0.05, 0) is 99.1 Å². The van der Waals surface area contributed by atoms with Crippen LogP contribution in [-0.2, 0) is 5.41 Å². The Hall–Kier alpha value is -0.200. The van der Waals surface area contributed by atoms with Crippen molar-refractivity contribution in [3.8, 4) is 11.5 Å². The van der Waals surface area contributed by atoms with Gasteiger partial charge in [-0.15, -0.1) is 0 Å². The summed E-state index contributed by atoms with van der Waals surface area (Å²) in [5.74, 6) is 1.08. The monoisotopic (exact) mass is 688 g/mol. The Balaban J connectivity index is 2.34. The SMILES string of the molecule is CC(C)(c1cc(Br)c(OCC(O)CO)c(Br)c1)c1cc(Br)c(OCC(O)CO)c(Br)c1. The molecular formula is C21H24Br4O6. The Morgan fingerprint density at radius 1 is 0.710 bits per heavy atom. The summed E-state index contributed by atoms with van der Waals surface area (Å²) in [6, 6.07) is 7.81. The van der Waals surface area contributed by atoms with Gasteiger partial charge < -0.3 is 29.9 Å². The van der Waals surface area contributed by atoms with Crippen molar-refractivity contribution < 1.29 is 29.9 Å². The lowest BCUT2D eigenvalue weighted by Crippen LogP contribution is -2.23. The lowest BCUT2D eigenvalue weighted by Gasteiger charge is -2.28. The Kier molecular flexibility index (Phi) is 10.3. The Labute approximate surface area is 215 Å². The van der Waals surface area contributed by atoms with E-state index in [1.54, 1.807) is 0 Å². The van der Waals surface area contributed by atoms with Crippen LogP contribution in [0.25, 0.3) is 0 Å². The largest absolute Gasteiger partial charge is 0.488 e. The molecule has 0 saturated carbocycles. The van der Waals surface area contributed by atoms with Gasteiger partial charge in [-0.3, -0.25) is 0 Å². The highest BCUT2D eigenvalue weighted by molar-refractivity contribution is 9.11. The van der Waals surface area contributed by atoms with Crippen LogP contribution in [0.2, 0.25) is 0 Å². The van der Waals surface area contributed by atoms with Crippen molar-refractivity contribution in [1.82, 2.24) is 0 Å². The van der Waals surface area contributed by atoms with E-state index in [1.807, 2.05) is 24.3 Å².